The number of carboxylic acids is 1. The zero-order valence-corrected chi connectivity index (χ0v) is 19.9. The van der Waals surface area contributed by atoms with Gasteiger partial charge < -0.3 is 15.2 Å². The number of anilines is 1. The van der Waals surface area contributed by atoms with Crippen molar-refractivity contribution < 1.29 is 19.4 Å². The van der Waals surface area contributed by atoms with E-state index >= 15 is 0 Å². The van der Waals surface area contributed by atoms with Gasteiger partial charge in [-0.3, -0.25) is 0 Å². The molecule has 0 aliphatic heterocycles. The van der Waals surface area contributed by atoms with Gasteiger partial charge in [-0.1, -0.05) is 103 Å². The van der Waals surface area contributed by atoms with E-state index in [0.29, 0.717) is 0 Å². The largest absolute Gasteiger partial charge is 0.479 e. The van der Waals surface area contributed by atoms with Crippen LogP contribution in [0.4, 0.5) is 5.69 Å². The Labute approximate surface area is 194 Å². The highest BCUT2D eigenvalue weighted by atomic mass is 16.5. The first-order chi connectivity index (χ1) is 15.6. The summed E-state index contributed by atoms with van der Waals surface area (Å²) >= 11 is 0. The molecule has 0 aromatic heterocycles. The van der Waals surface area contributed by atoms with Gasteiger partial charge in [0.05, 0.1) is 0 Å². The van der Waals surface area contributed by atoms with Gasteiger partial charge in [-0.05, 0) is 30.2 Å². The van der Waals surface area contributed by atoms with Gasteiger partial charge in [-0.15, -0.1) is 0 Å². The van der Waals surface area contributed by atoms with Crippen LogP contribution in [0.15, 0.2) is 30.3 Å². The molecule has 180 valence electrons. The molecular formula is C27H43NO4. The quantitative estimate of drug-likeness (QED) is 0.126. The average molecular weight is 446 g/mol. The number of esters is 1. The monoisotopic (exact) mass is 445 g/mol. The molecule has 0 aliphatic rings. The van der Waals surface area contributed by atoms with Crippen LogP contribution < -0.4 is 5.32 Å². The molecule has 0 unspecified atom stereocenters. The van der Waals surface area contributed by atoms with Gasteiger partial charge in [-0.25, -0.2) is 9.59 Å². The van der Waals surface area contributed by atoms with Crippen molar-refractivity contribution in [2.45, 2.75) is 96.8 Å². The van der Waals surface area contributed by atoms with Crippen LogP contribution in [-0.2, 0) is 14.3 Å². The van der Waals surface area contributed by atoms with Gasteiger partial charge in [-0.2, -0.15) is 0 Å². The van der Waals surface area contributed by atoms with E-state index in [4.69, 9.17) is 5.11 Å². The fraction of sp³-hybridized carbons (Fsp3) is 0.630. The van der Waals surface area contributed by atoms with E-state index in [9.17, 15) is 9.59 Å². The van der Waals surface area contributed by atoms with Crippen molar-refractivity contribution >= 4 is 23.7 Å². The summed E-state index contributed by atoms with van der Waals surface area (Å²) in [5.41, 5.74) is 1.92. The number of nitrogens with one attached hydrogen (secondary N) is 1. The number of hydrogen-bond acceptors (Lipinski definition) is 4. The second kappa shape index (κ2) is 19.4. The Bertz CT molecular complexity index is 640. The molecule has 0 radical (unpaired) electrons. The number of carbonyl (C=O) groups excluding carboxylic acids is 1. The first kappa shape index (κ1) is 27.7. The predicted molar refractivity (Wildman–Crippen MR) is 133 cm³/mol. The van der Waals surface area contributed by atoms with Crippen molar-refractivity contribution in [2.75, 3.05) is 18.5 Å². The highest BCUT2D eigenvalue weighted by Gasteiger charge is 2.01. The lowest BCUT2D eigenvalue weighted by molar-refractivity contribution is -0.151. The van der Waals surface area contributed by atoms with Crippen LogP contribution in [0.3, 0.4) is 0 Å². The molecule has 0 saturated carbocycles. The minimum atomic E-state index is -1.17. The van der Waals surface area contributed by atoms with Gasteiger partial charge in [0.2, 0.25) is 0 Å². The molecule has 0 saturated heterocycles. The number of hydrogen-bond donors (Lipinski definition) is 2. The summed E-state index contributed by atoms with van der Waals surface area (Å²) in [5, 5.41) is 11.9. The number of carboxylic acid groups (broad SMARTS) is 1. The van der Waals surface area contributed by atoms with E-state index in [1.54, 1.807) is 6.08 Å². The Morgan fingerprint density at radius 2 is 1.31 bits per heavy atom. The summed E-state index contributed by atoms with van der Waals surface area (Å²) in [6, 6.07) is 7.78. The fourth-order valence-corrected chi connectivity index (χ4v) is 3.61. The summed E-state index contributed by atoms with van der Waals surface area (Å²) in [6.07, 6.45) is 22.0. The van der Waals surface area contributed by atoms with E-state index in [1.807, 2.05) is 24.3 Å². The molecule has 5 nitrogen and oxygen atoms in total. The van der Waals surface area contributed by atoms with Crippen LogP contribution in [0.5, 0.6) is 0 Å². The van der Waals surface area contributed by atoms with E-state index in [0.717, 1.165) is 17.8 Å². The van der Waals surface area contributed by atoms with Crippen molar-refractivity contribution in [1.29, 1.82) is 0 Å². The lowest BCUT2D eigenvalue weighted by Crippen LogP contribution is -2.10. The molecule has 0 amide bonds. The van der Waals surface area contributed by atoms with Crippen molar-refractivity contribution in [3.63, 3.8) is 0 Å². The lowest BCUT2D eigenvalue weighted by atomic mass is 10.0. The first-order valence-corrected chi connectivity index (χ1v) is 12.5. The Balaban J connectivity index is 1.97. The van der Waals surface area contributed by atoms with Gasteiger partial charge in [0.15, 0.2) is 6.61 Å². The second-order valence-corrected chi connectivity index (χ2v) is 8.48. The summed E-state index contributed by atoms with van der Waals surface area (Å²) in [7, 11) is 0. The maximum atomic E-state index is 11.4. The molecule has 1 aromatic carbocycles. The van der Waals surface area contributed by atoms with Gasteiger partial charge in [0.25, 0.3) is 0 Å². The van der Waals surface area contributed by atoms with Crippen molar-refractivity contribution in [3.05, 3.63) is 35.9 Å². The summed E-state index contributed by atoms with van der Waals surface area (Å²) < 4.78 is 4.55. The van der Waals surface area contributed by atoms with Crippen LogP contribution in [-0.4, -0.2) is 30.2 Å². The third kappa shape index (κ3) is 16.4. The number of aliphatic carboxylic acids is 1. The highest BCUT2D eigenvalue weighted by molar-refractivity contribution is 5.88. The topological polar surface area (TPSA) is 75.6 Å². The fourth-order valence-electron chi connectivity index (χ4n) is 3.61. The molecule has 0 bridgehead atoms. The van der Waals surface area contributed by atoms with Crippen molar-refractivity contribution in [2.24, 2.45) is 0 Å². The predicted octanol–water partition coefficient (Wildman–Crippen LogP) is 7.22. The van der Waals surface area contributed by atoms with Crippen LogP contribution in [0.1, 0.15) is 102 Å². The summed E-state index contributed by atoms with van der Waals surface area (Å²) in [4.78, 5) is 21.7. The third-order valence-electron chi connectivity index (χ3n) is 5.52. The molecule has 0 atom stereocenters. The Kier molecular flexibility index (Phi) is 16.8. The summed E-state index contributed by atoms with van der Waals surface area (Å²) in [5.74, 6) is -1.83. The zero-order chi connectivity index (χ0) is 23.3. The standard InChI is InChI=1S/C27H43NO4/c1-2-3-4-5-6-7-8-9-10-11-12-13-14-15-22-28-25-19-16-24(17-20-25)18-21-27(31)32-23-26(29)30/h16-21,28H,2-15,22-23H2,1H3,(H,29,30)/b21-18+. The molecule has 0 heterocycles. The maximum absolute atomic E-state index is 11.4. The van der Waals surface area contributed by atoms with Crippen LogP contribution in [0.2, 0.25) is 0 Å². The van der Waals surface area contributed by atoms with Crippen LogP contribution in [0, 0.1) is 0 Å². The van der Waals surface area contributed by atoms with Gasteiger partial charge in [0.1, 0.15) is 0 Å². The smallest absolute Gasteiger partial charge is 0.341 e. The molecule has 32 heavy (non-hydrogen) atoms. The van der Waals surface area contributed by atoms with Gasteiger partial charge in [0, 0.05) is 18.3 Å². The van der Waals surface area contributed by atoms with Crippen molar-refractivity contribution in [3.8, 4) is 0 Å². The van der Waals surface area contributed by atoms with E-state index in [1.165, 1.54) is 96.0 Å². The molecule has 0 fully saturated rings. The Hall–Kier alpha value is -2.30. The minimum Gasteiger partial charge on any atom is -0.479 e. The molecule has 0 spiro atoms. The van der Waals surface area contributed by atoms with Crippen LogP contribution >= 0.6 is 0 Å². The molecule has 0 aliphatic carbocycles. The number of benzene rings is 1. The summed E-state index contributed by atoms with van der Waals surface area (Å²) in [6.45, 7) is 2.62. The van der Waals surface area contributed by atoms with Crippen LogP contribution in [0.25, 0.3) is 6.08 Å². The van der Waals surface area contributed by atoms with Crippen molar-refractivity contribution in [1.82, 2.24) is 0 Å². The average Bonchev–Trinajstić information content (AvgIpc) is 2.79. The number of ether oxygens (including phenoxy) is 1. The highest BCUT2D eigenvalue weighted by Crippen LogP contribution is 2.14. The van der Waals surface area contributed by atoms with E-state index in [-0.39, 0.29) is 0 Å². The first-order valence-electron chi connectivity index (χ1n) is 12.5. The number of rotatable bonds is 20. The SMILES string of the molecule is CCCCCCCCCCCCCCCCNc1ccc(/C=C/C(=O)OCC(=O)O)cc1. The molecular weight excluding hydrogens is 402 g/mol. The number of unbranched alkanes of at least 4 members (excludes halogenated alkanes) is 13. The van der Waals surface area contributed by atoms with Gasteiger partial charge >= 0.3 is 11.9 Å². The molecule has 1 rings (SSSR count). The molecule has 5 heteroatoms. The second-order valence-electron chi connectivity index (χ2n) is 8.48. The molecule has 1 aromatic rings. The Morgan fingerprint density at radius 3 is 1.81 bits per heavy atom. The molecule has 2 N–H and O–H groups in total. The van der Waals surface area contributed by atoms with E-state index < -0.39 is 18.5 Å². The maximum Gasteiger partial charge on any atom is 0.341 e. The Morgan fingerprint density at radius 1 is 0.812 bits per heavy atom. The number of carbonyl (C=O) groups is 2. The lowest BCUT2D eigenvalue weighted by Gasteiger charge is -2.07. The zero-order valence-electron chi connectivity index (χ0n) is 19.9. The minimum absolute atomic E-state index is 0.620. The third-order valence-corrected chi connectivity index (χ3v) is 5.52. The normalized spacial score (nSPS) is 11.0. The van der Waals surface area contributed by atoms with E-state index in [2.05, 4.69) is 17.0 Å².